The first-order valence-electron chi connectivity index (χ1n) is 7.75. The van der Waals surface area contributed by atoms with Crippen LogP contribution in [0.5, 0.6) is 0 Å². The minimum absolute atomic E-state index is 0.136. The van der Waals surface area contributed by atoms with Crippen molar-refractivity contribution in [3.05, 3.63) is 57.7 Å². The summed E-state index contributed by atoms with van der Waals surface area (Å²) in [5, 5.41) is 8.60. The van der Waals surface area contributed by atoms with Crippen molar-refractivity contribution in [3.63, 3.8) is 0 Å². The summed E-state index contributed by atoms with van der Waals surface area (Å²) in [6, 6.07) is 14.5. The van der Waals surface area contributed by atoms with E-state index in [0.717, 1.165) is 14.9 Å². The van der Waals surface area contributed by atoms with Crippen LogP contribution in [-0.2, 0) is 9.53 Å². The molecule has 0 unspecified atom stereocenters. The van der Waals surface area contributed by atoms with E-state index in [0.29, 0.717) is 18.7 Å². The van der Waals surface area contributed by atoms with E-state index in [1.54, 1.807) is 31.4 Å². The Morgan fingerprint density at radius 2 is 1.64 bits per heavy atom. The van der Waals surface area contributed by atoms with Crippen LogP contribution in [0, 0.1) is 3.57 Å². The number of ether oxygens (including phenoxy) is 1. The maximum absolute atomic E-state index is 11.9. The van der Waals surface area contributed by atoms with Crippen molar-refractivity contribution in [2.24, 2.45) is 0 Å². The zero-order chi connectivity index (χ0) is 18.1. The molecule has 0 heterocycles. The second kappa shape index (κ2) is 10.00. The Labute approximate surface area is 160 Å². The van der Waals surface area contributed by atoms with Crippen LogP contribution in [0.4, 0.5) is 11.4 Å². The highest BCUT2D eigenvalue weighted by Crippen LogP contribution is 2.12. The van der Waals surface area contributed by atoms with Gasteiger partial charge in [-0.3, -0.25) is 9.59 Å². The number of hydrogen-bond acceptors (Lipinski definition) is 4. The molecule has 0 saturated carbocycles. The molecule has 6 nitrogen and oxygen atoms in total. The number of methoxy groups -OCH3 is 1. The van der Waals surface area contributed by atoms with Crippen molar-refractivity contribution in [1.29, 1.82) is 0 Å². The Kier molecular flexibility index (Phi) is 7.68. The van der Waals surface area contributed by atoms with Gasteiger partial charge in [-0.05, 0) is 71.1 Å². The molecule has 2 aromatic carbocycles. The summed E-state index contributed by atoms with van der Waals surface area (Å²) in [6.07, 6.45) is 0. The fourth-order valence-electron chi connectivity index (χ4n) is 2.03. The highest BCUT2D eigenvalue weighted by Gasteiger charge is 2.06. The number of carbonyl (C=O) groups is 2. The first kappa shape index (κ1) is 19.2. The van der Waals surface area contributed by atoms with E-state index in [1.165, 1.54) is 0 Å². The molecule has 0 atom stereocenters. The summed E-state index contributed by atoms with van der Waals surface area (Å²) < 4.78 is 6.00. The van der Waals surface area contributed by atoms with Crippen LogP contribution in [0.25, 0.3) is 0 Å². The van der Waals surface area contributed by atoms with E-state index in [1.807, 2.05) is 24.3 Å². The molecular weight excluding hydrogens is 433 g/mol. The van der Waals surface area contributed by atoms with Crippen molar-refractivity contribution in [3.8, 4) is 0 Å². The summed E-state index contributed by atoms with van der Waals surface area (Å²) in [6.45, 7) is 1.08. The summed E-state index contributed by atoms with van der Waals surface area (Å²) in [5.74, 6) is -0.289. The zero-order valence-electron chi connectivity index (χ0n) is 13.8. The largest absolute Gasteiger partial charge is 0.383 e. The van der Waals surface area contributed by atoms with Crippen molar-refractivity contribution in [2.45, 2.75) is 0 Å². The molecular formula is C18H20IN3O3. The van der Waals surface area contributed by atoms with Crippen molar-refractivity contribution in [1.82, 2.24) is 5.32 Å². The van der Waals surface area contributed by atoms with Gasteiger partial charge in [0.1, 0.15) is 0 Å². The maximum atomic E-state index is 11.9. The minimum Gasteiger partial charge on any atom is -0.383 e. The average molecular weight is 453 g/mol. The molecule has 0 radical (unpaired) electrons. The molecule has 0 spiro atoms. The van der Waals surface area contributed by atoms with Gasteiger partial charge in [0.2, 0.25) is 5.91 Å². The van der Waals surface area contributed by atoms with E-state index in [2.05, 4.69) is 38.5 Å². The molecule has 0 aliphatic rings. The molecule has 0 bridgehead atoms. The van der Waals surface area contributed by atoms with E-state index in [-0.39, 0.29) is 18.4 Å². The molecule has 0 aliphatic carbocycles. The number of halogens is 1. The normalized spacial score (nSPS) is 10.2. The Hall–Kier alpha value is -2.13. The van der Waals surface area contributed by atoms with Crippen LogP contribution in [0.2, 0.25) is 0 Å². The van der Waals surface area contributed by atoms with Crippen molar-refractivity contribution < 1.29 is 14.3 Å². The lowest BCUT2D eigenvalue weighted by molar-refractivity contribution is -0.114. The predicted octanol–water partition coefficient (Wildman–Crippen LogP) is 2.72. The quantitative estimate of drug-likeness (QED) is 0.425. The van der Waals surface area contributed by atoms with Crippen LogP contribution < -0.4 is 16.0 Å². The first-order valence-corrected chi connectivity index (χ1v) is 8.83. The highest BCUT2D eigenvalue weighted by atomic mass is 127. The highest BCUT2D eigenvalue weighted by molar-refractivity contribution is 14.1. The third kappa shape index (κ3) is 6.71. The van der Waals surface area contributed by atoms with Gasteiger partial charge in [0, 0.05) is 34.2 Å². The Bertz CT molecular complexity index is 703. The second-order valence-corrected chi connectivity index (χ2v) is 6.48. The average Bonchev–Trinajstić information content (AvgIpc) is 2.62. The molecule has 25 heavy (non-hydrogen) atoms. The summed E-state index contributed by atoms with van der Waals surface area (Å²) in [4.78, 5) is 23.8. The molecule has 7 heteroatoms. The molecule has 2 rings (SSSR count). The lowest BCUT2D eigenvalue weighted by Gasteiger charge is -2.09. The van der Waals surface area contributed by atoms with E-state index >= 15 is 0 Å². The lowest BCUT2D eigenvalue weighted by atomic mass is 10.2. The standard InChI is InChI=1S/C18H20IN3O3/c1-25-11-10-20-18(24)13-2-6-15(7-3-13)21-12-17(23)22-16-8-4-14(19)5-9-16/h2-9,21H,10-12H2,1H3,(H,20,24)(H,22,23). The molecule has 132 valence electrons. The number of amides is 2. The number of rotatable bonds is 8. The number of anilines is 2. The third-order valence-corrected chi connectivity index (χ3v) is 4.04. The van der Waals surface area contributed by atoms with Crippen molar-refractivity contribution in [2.75, 3.05) is 37.4 Å². The second-order valence-electron chi connectivity index (χ2n) is 5.23. The van der Waals surface area contributed by atoms with Gasteiger partial charge in [0.25, 0.3) is 5.91 Å². The molecule has 0 aromatic heterocycles. The van der Waals surface area contributed by atoms with Crippen LogP contribution in [0.3, 0.4) is 0 Å². The molecule has 0 aliphatic heterocycles. The van der Waals surface area contributed by atoms with Crippen LogP contribution in [0.1, 0.15) is 10.4 Å². The van der Waals surface area contributed by atoms with E-state index in [9.17, 15) is 9.59 Å². The van der Waals surface area contributed by atoms with E-state index in [4.69, 9.17) is 4.74 Å². The smallest absolute Gasteiger partial charge is 0.251 e. The topological polar surface area (TPSA) is 79.5 Å². The van der Waals surface area contributed by atoms with E-state index < -0.39 is 0 Å². The summed E-state index contributed by atoms with van der Waals surface area (Å²) >= 11 is 2.21. The zero-order valence-corrected chi connectivity index (χ0v) is 16.0. The molecule has 2 amide bonds. The number of hydrogen-bond donors (Lipinski definition) is 3. The van der Waals surface area contributed by atoms with Gasteiger partial charge >= 0.3 is 0 Å². The predicted molar refractivity (Wildman–Crippen MR) is 107 cm³/mol. The van der Waals surface area contributed by atoms with Gasteiger partial charge < -0.3 is 20.7 Å². The number of nitrogens with one attached hydrogen (secondary N) is 3. The number of carbonyl (C=O) groups excluding carboxylic acids is 2. The SMILES string of the molecule is COCCNC(=O)c1ccc(NCC(=O)Nc2ccc(I)cc2)cc1. The van der Waals surface area contributed by atoms with Crippen LogP contribution in [0.15, 0.2) is 48.5 Å². The van der Waals surface area contributed by atoms with Gasteiger partial charge in [0.05, 0.1) is 13.2 Å². The molecule has 2 aromatic rings. The molecule has 0 fully saturated rings. The third-order valence-electron chi connectivity index (χ3n) is 3.32. The molecule has 0 saturated heterocycles. The summed E-state index contributed by atoms with van der Waals surface area (Å²) in [7, 11) is 1.58. The van der Waals surface area contributed by atoms with Gasteiger partial charge in [0.15, 0.2) is 0 Å². The Morgan fingerprint density at radius 3 is 2.28 bits per heavy atom. The van der Waals surface area contributed by atoms with Gasteiger partial charge in [-0.25, -0.2) is 0 Å². The fraction of sp³-hybridized carbons (Fsp3) is 0.222. The Balaban J connectivity index is 1.79. The van der Waals surface area contributed by atoms with Crippen molar-refractivity contribution >= 4 is 45.8 Å². The fourth-order valence-corrected chi connectivity index (χ4v) is 2.39. The van der Waals surface area contributed by atoms with Gasteiger partial charge in [-0.2, -0.15) is 0 Å². The lowest BCUT2D eigenvalue weighted by Crippen LogP contribution is -2.26. The van der Waals surface area contributed by atoms with Crippen LogP contribution in [-0.4, -0.2) is 38.6 Å². The maximum Gasteiger partial charge on any atom is 0.251 e. The Morgan fingerprint density at radius 1 is 1.00 bits per heavy atom. The van der Waals surface area contributed by atoms with Crippen LogP contribution >= 0.6 is 22.6 Å². The van der Waals surface area contributed by atoms with Gasteiger partial charge in [-0.1, -0.05) is 0 Å². The van der Waals surface area contributed by atoms with Gasteiger partial charge in [-0.15, -0.1) is 0 Å². The molecule has 3 N–H and O–H groups in total. The monoisotopic (exact) mass is 453 g/mol. The number of benzene rings is 2. The first-order chi connectivity index (χ1) is 12.1. The summed E-state index contributed by atoms with van der Waals surface area (Å²) in [5.41, 5.74) is 2.09. The minimum atomic E-state index is -0.153.